The zero-order valence-electron chi connectivity index (χ0n) is 63.4. The van der Waals surface area contributed by atoms with Crippen LogP contribution in [0, 0.1) is 0 Å². The third-order valence-electron chi connectivity index (χ3n) is 25.3. The Morgan fingerprint density at radius 2 is 0.444 bits per heavy atom. The summed E-state index contributed by atoms with van der Waals surface area (Å²) >= 11 is 3.83. The Bertz CT molecular complexity index is 8420. The van der Waals surface area contributed by atoms with Gasteiger partial charge in [0.15, 0.2) is 0 Å². The number of fused-ring (bicyclic) bond motifs is 27. The number of aromatic nitrogens is 1. The summed E-state index contributed by atoms with van der Waals surface area (Å²) in [7, 11) is 0. The van der Waals surface area contributed by atoms with Crippen LogP contribution in [-0.2, 0) is 0 Å². The first-order chi connectivity index (χ1) is 58.0. The summed E-state index contributed by atoms with van der Waals surface area (Å²) in [6, 6.07) is 154. The highest BCUT2D eigenvalue weighted by Crippen LogP contribution is 2.51. The maximum Gasteiger partial charge on any atom is 0.0541 e. The molecule has 3 aromatic heterocycles. The van der Waals surface area contributed by atoms with Crippen LogP contribution in [0.25, 0.3) is 254 Å². The molecule has 0 saturated heterocycles. The third-order valence-corrected chi connectivity index (χ3v) is 27.8. The number of hydrogen-bond donors (Lipinski definition) is 0. The number of hydrogen-bond acceptors (Lipinski definition) is 2. The van der Waals surface area contributed by atoms with Crippen molar-refractivity contribution in [1.82, 2.24) is 4.57 Å². The van der Waals surface area contributed by atoms with Gasteiger partial charge < -0.3 is 4.57 Å². The van der Waals surface area contributed by atoms with Gasteiger partial charge >= 0.3 is 0 Å². The average Bonchev–Trinajstić information content (AvgIpc) is 1.71. The highest BCUT2D eigenvalue weighted by atomic mass is 32.1. The van der Waals surface area contributed by atoms with Gasteiger partial charge in [-0.2, -0.15) is 0 Å². The van der Waals surface area contributed by atoms with Gasteiger partial charge in [-0.1, -0.05) is 315 Å². The molecule has 25 rings (SSSR count). The molecule has 0 saturated carbocycles. The van der Waals surface area contributed by atoms with Crippen molar-refractivity contribution in [3.8, 4) is 94.7 Å². The second-order valence-electron chi connectivity index (χ2n) is 31.6. The van der Waals surface area contributed by atoms with Crippen molar-refractivity contribution in [2.24, 2.45) is 0 Å². The van der Waals surface area contributed by atoms with Crippen LogP contribution in [0.1, 0.15) is 0 Å². The van der Waals surface area contributed by atoms with Crippen LogP contribution in [0.3, 0.4) is 0 Å². The molecule has 0 bridgehead atoms. The highest BCUT2D eigenvalue weighted by molar-refractivity contribution is 7.27. The Morgan fingerprint density at radius 1 is 0.137 bits per heavy atom. The van der Waals surface area contributed by atoms with E-state index in [2.05, 4.69) is 411 Å². The van der Waals surface area contributed by atoms with E-state index in [9.17, 15) is 0 Å². The van der Waals surface area contributed by atoms with Crippen molar-refractivity contribution in [2.75, 3.05) is 0 Å². The molecule has 0 N–H and O–H groups in total. The minimum Gasteiger partial charge on any atom is -0.309 e. The molecule has 0 aliphatic carbocycles. The molecule has 540 valence electrons. The van der Waals surface area contributed by atoms with Gasteiger partial charge in [0.2, 0.25) is 0 Å². The summed E-state index contributed by atoms with van der Waals surface area (Å²) in [4.78, 5) is 0. The first kappa shape index (κ1) is 65.9. The van der Waals surface area contributed by atoms with Crippen molar-refractivity contribution >= 4 is 182 Å². The molecule has 1 nitrogen and oxygen atoms in total. The summed E-state index contributed by atoms with van der Waals surface area (Å²) < 4.78 is 7.53. The summed E-state index contributed by atoms with van der Waals surface area (Å²) in [5.74, 6) is 0. The average molecular weight is 1510 g/mol. The van der Waals surface area contributed by atoms with Gasteiger partial charge in [0, 0.05) is 62.4 Å². The predicted octanol–water partition coefficient (Wildman–Crippen LogP) is 33.2. The molecule has 0 aliphatic rings. The fraction of sp³-hybridized carbons (Fsp3) is 0. The molecule has 0 radical (unpaired) electrons. The minimum absolute atomic E-state index is 1.13. The molecular formula is C114H67NS2. The van der Waals surface area contributed by atoms with E-state index in [0.29, 0.717) is 0 Å². The number of rotatable bonds is 9. The lowest BCUT2D eigenvalue weighted by Gasteiger charge is -2.16. The van der Waals surface area contributed by atoms with Gasteiger partial charge in [0.25, 0.3) is 0 Å². The van der Waals surface area contributed by atoms with Gasteiger partial charge in [-0.3, -0.25) is 0 Å². The molecule has 0 unspecified atom stereocenters. The van der Waals surface area contributed by atoms with Crippen molar-refractivity contribution in [3.05, 3.63) is 406 Å². The highest BCUT2D eigenvalue weighted by Gasteiger charge is 2.23. The van der Waals surface area contributed by atoms with E-state index in [1.807, 2.05) is 22.7 Å². The van der Waals surface area contributed by atoms with Crippen LogP contribution in [-0.4, -0.2) is 4.57 Å². The quantitative estimate of drug-likeness (QED) is 0.127. The van der Waals surface area contributed by atoms with Crippen molar-refractivity contribution in [1.29, 1.82) is 0 Å². The number of nitrogens with zero attached hydrogens (tertiary/aromatic N) is 1. The Morgan fingerprint density at radius 3 is 0.957 bits per heavy atom. The third kappa shape index (κ3) is 10.3. The standard InChI is InChI=1S/C114H67NS2/c1-4-30-89-83(24-1)86-27-7-10-33-92(86)105-63-70(49-55-95(89)105)69-48-54-80(103(62-69)68-46-52-79(53-47-68)115-109-43-16-13-36-98(109)99-37-14-17-44-110(99)115)72-22-19-23-73(58-72)81-39-20-41-101-102-42-21-40-82(113(102)117-112(81)101)78-60-75(71-50-56-96-90-31-5-2-25-84(90)87-28-8-11-34-93(87)106(96)64-71)59-76(61-78)77-66-104(114-108(67-77)100-38-15-18-45-111(100)116-114)74-51-57-97-91-32-6-3-26-85(91)88-29-9-12-35-94(88)107(97)65-74/h1-67H. The van der Waals surface area contributed by atoms with E-state index in [1.165, 1.54) is 237 Å². The molecule has 3 heterocycles. The van der Waals surface area contributed by atoms with E-state index in [0.717, 1.165) is 16.8 Å². The molecule has 3 heteroatoms. The molecule has 0 amide bonds. The van der Waals surface area contributed by atoms with E-state index < -0.39 is 0 Å². The van der Waals surface area contributed by atoms with Crippen LogP contribution >= 0.6 is 22.7 Å². The first-order valence-electron chi connectivity index (χ1n) is 40.4. The van der Waals surface area contributed by atoms with Gasteiger partial charge in [0.1, 0.15) is 0 Å². The van der Waals surface area contributed by atoms with E-state index in [-0.39, 0.29) is 0 Å². The molecule has 0 spiro atoms. The second kappa shape index (κ2) is 26.0. The minimum atomic E-state index is 1.13. The molecule has 22 aromatic carbocycles. The Labute approximate surface area is 682 Å². The largest absolute Gasteiger partial charge is 0.309 e. The van der Waals surface area contributed by atoms with Gasteiger partial charge in [0.05, 0.1) is 11.0 Å². The Balaban J connectivity index is 0.660. The summed E-state index contributed by atoms with van der Waals surface area (Å²) in [6.07, 6.45) is 0. The summed E-state index contributed by atoms with van der Waals surface area (Å²) in [5, 5.41) is 30.4. The summed E-state index contributed by atoms with van der Waals surface area (Å²) in [5.41, 5.74) is 22.5. The van der Waals surface area contributed by atoms with Crippen LogP contribution in [0.5, 0.6) is 0 Å². The Hall–Kier alpha value is -14.6. The van der Waals surface area contributed by atoms with Crippen LogP contribution in [0.15, 0.2) is 406 Å². The smallest absolute Gasteiger partial charge is 0.0541 e. The fourth-order valence-electron chi connectivity index (χ4n) is 19.9. The normalized spacial score (nSPS) is 12.1. The van der Waals surface area contributed by atoms with Crippen molar-refractivity contribution < 1.29 is 0 Å². The summed E-state index contributed by atoms with van der Waals surface area (Å²) in [6.45, 7) is 0. The Kier molecular flexibility index (Phi) is 14.6. The zero-order valence-corrected chi connectivity index (χ0v) is 65.1. The fourth-order valence-corrected chi connectivity index (χ4v) is 22.5. The van der Waals surface area contributed by atoms with Gasteiger partial charge in [-0.25, -0.2) is 0 Å². The van der Waals surface area contributed by atoms with Crippen LogP contribution in [0.2, 0.25) is 0 Å². The van der Waals surface area contributed by atoms with E-state index >= 15 is 0 Å². The maximum atomic E-state index is 2.50. The zero-order chi connectivity index (χ0) is 76.5. The topological polar surface area (TPSA) is 4.93 Å². The van der Waals surface area contributed by atoms with Gasteiger partial charge in [-0.15, -0.1) is 22.7 Å². The number of benzene rings is 22. The monoisotopic (exact) mass is 1510 g/mol. The predicted molar refractivity (Wildman–Crippen MR) is 508 cm³/mol. The molecule has 117 heavy (non-hydrogen) atoms. The molecule has 25 aromatic rings. The van der Waals surface area contributed by atoms with E-state index in [1.54, 1.807) is 0 Å². The maximum absolute atomic E-state index is 2.50. The van der Waals surface area contributed by atoms with Crippen molar-refractivity contribution in [3.63, 3.8) is 0 Å². The molecule has 0 atom stereocenters. The lowest BCUT2D eigenvalue weighted by atomic mass is 9.88. The molecule has 0 fully saturated rings. The lowest BCUT2D eigenvalue weighted by Crippen LogP contribution is -1.94. The second-order valence-corrected chi connectivity index (χ2v) is 33.6. The lowest BCUT2D eigenvalue weighted by molar-refractivity contribution is 1.18. The van der Waals surface area contributed by atoms with Gasteiger partial charge in [-0.05, 0) is 271 Å². The molecule has 0 aliphatic heterocycles. The SMILES string of the molecule is c1cc(-c2ccc(-c3ccc4c5ccccc5c5ccccc5c4c3)cc2-c2ccc(-n3c4ccccc4c4ccccc43)cc2)cc(-c2cccc3c2sc2c(-c4cc(-c5cc(-c6ccc7c8ccccc8c8ccccc8c7c6)c6sc7ccccc7c6c5)cc(-c5ccc6c7ccccc7c7ccccc7c6c5)c4)cccc23)c1. The number of para-hydroxylation sites is 2. The first-order valence-corrected chi connectivity index (χ1v) is 42.0. The number of thiophene rings is 2. The van der Waals surface area contributed by atoms with Crippen LogP contribution in [0.4, 0.5) is 0 Å². The molecular weight excluding hydrogens is 1450 g/mol. The van der Waals surface area contributed by atoms with E-state index in [4.69, 9.17) is 0 Å². The van der Waals surface area contributed by atoms with Crippen molar-refractivity contribution in [2.45, 2.75) is 0 Å². The van der Waals surface area contributed by atoms with Crippen LogP contribution < -0.4 is 0 Å².